The molecule has 2 aliphatic rings. The Hall–Kier alpha value is -1.34. The molecule has 2 aliphatic heterocycles. The molecule has 0 aliphatic carbocycles. The number of ether oxygens (including phenoxy) is 3. The Bertz CT molecular complexity index is 625. The zero-order valence-corrected chi connectivity index (χ0v) is 15.0. The third kappa shape index (κ3) is 4.30. The van der Waals surface area contributed by atoms with Crippen molar-refractivity contribution in [3.05, 3.63) is 29.8 Å². The minimum absolute atomic E-state index is 0.00576. The molecule has 0 saturated carbocycles. The molecule has 1 aromatic rings. The smallest absolute Gasteiger partial charge is 0.186 e. The lowest BCUT2D eigenvalue weighted by Gasteiger charge is -2.45. The number of phenolic OH excluding ortho intramolecular Hbond substituents is 1. The standard InChI is InChI=1S/C18H26O10/c19-6-10-5-11(22)13(23)18(26-10)28-17-14(24)12(7-20)27-16(15(17)25)8-1-3-9(21)4-2-8/h1-4,10-25H,5-7H2/t10-,11-,12+,13-,14+,15+,16+,17-,18+/m0/s1. The Morgan fingerprint density at radius 2 is 1.57 bits per heavy atom. The number of benzene rings is 1. The number of aliphatic hydroxyl groups is 6. The lowest BCUT2D eigenvalue weighted by molar-refractivity contribution is -0.327. The molecule has 10 nitrogen and oxygen atoms in total. The molecule has 0 spiro atoms. The van der Waals surface area contributed by atoms with Crippen LogP contribution in [0.25, 0.3) is 0 Å². The first-order chi connectivity index (χ1) is 13.3. The highest BCUT2D eigenvalue weighted by Crippen LogP contribution is 2.36. The van der Waals surface area contributed by atoms with E-state index in [2.05, 4.69) is 0 Å². The number of phenols is 1. The van der Waals surface area contributed by atoms with Crippen molar-refractivity contribution in [2.24, 2.45) is 0 Å². The fraction of sp³-hybridized carbons (Fsp3) is 0.667. The number of rotatable bonds is 5. The molecule has 0 radical (unpaired) electrons. The average molecular weight is 402 g/mol. The fourth-order valence-electron chi connectivity index (χ4n) is 3.49. The summed E-state index contributed by atoms with van der Waals surface area (Å²) in [6, 6.07) is 5.83. The van der Waals surface area contributed by atoms with Crippen molar-refractivity contribution in [2.75, 3.05) is 13.2 Å². The van der Waals surface area contributed by atoms with Crippen LogP contribution in [0.3, 0.4) is 0 Å². The highest BCUT2D eigenvalue weighted by atomic mass is 16.7. The SMILES string of the molecule is OC[C@@H]1C[C@H](O)[C@H](O)[C@@H](O[C@@H]2[C@H](O)[C@@H](c3ccc(O)cc3)O[C@H](CO)[C@H]2O)O1. The van der Waals surface area contributed by atoms with E-state index in [1.807, 2.05) is 0 Å². The molecule has 2 heterocycles. The van der Waals surface area contributed by atoms with E-state index < -0.39 is 68.3 Å². The zero-order valence-electron chi connectivity index (χ0n) is 15.0. The lowest BCUT2D eigenvalue weighted by Crippen LogP contribution is -2.60. The minimum atomic E-state index is -1.45. The molecule has 3 rings (SSSR count). The van der Waals surface area contributed by atoms with Crippen LogP contribution in [-0.2, 0) is 14.2 Å². The molecule has 0 amide bonds. The molecule has 2 fully saturated rings. The maximum atomic E-state index is 10.7. The Morgan fingerprint density at radius 3 is 2.18 bits per heavy atom. The quantitative estimate of drug-likeness (QED) is 0.286. The molecule has 9 atom stereocenters. The van der Waals surface area contributed by atoms with Gasteiger partial charge in [0.15, 0.2) is 6.29 Å². The van der Waals surface area contributed by atoms with Gasteiger partial charge in [0.25, 0.3) is 0 Å². The maximum absolute atomic E-state index is 10.7. The first-order valence-electron chi connectivity index (χ1n) is 9.05. The van der Waals surface area contributed by atoms with Gasteiger partial charge in [0.1, 0.15) is 42.4 Å². The second kappa shape index (κ2) is 8.99. The summed E-state index contributed by atoms with van der Waals surface area (Å²) < 4.78 is 16.6. The summed E-state index contributed by atoms with van der Waals surface area (Å²) in [4.78, 5) is 0. The van der Waals surface area contributed by atoms with Crippen molar-refractivity contribution >= 4 is 0 Å². The summed E-state index contributed by atoms with van der Waals surface area (Å²) >= 11 is 0. The summed E-state index contributed by atoms with van der Waals surface area (Å²) in [7, 11) is 0. The van der Waals surface area contributed by atoms with E-state index in [1.54, 1.807) is 0 Å². The van der Waals surface area contributed by atoms with Gasteiger partial charge >= 0.3 is 0 Å². The fourth-order valence-corrected chi connectivity index (χ4v) is 3.49. The number of aliphatic hydroxyl groups excluding tert-OH is 6. The van der Waals surface area contributed by atoms with Crippen molar-refractivity contribution in [3.8, 4) is 5.75 Å². The second-order valence-corrected chi connectivity index (χ2v) is 7.05. The summed E-state index contributed by atoms with van der Waals surface area (Å²) in [6.07, 6.45) is -11.1. The van der Waals surface area contributed by atoms with E-state index >= 15 is 0 Å². The van der Waals surface area contributed by atoms with E-state index in [4.69, 9.17) is 14.2 Å². The maximum Gasteiger partial charge on any atom is 0.186 e. The average Bonchev–Trinajstić information content (AvgIpc) is 2.69. The molecule has 7 N–H and O–H groups in total. The molecule has 2 saturated heterocycles. The van der Waals surface area contributed by atoms with Crippen molar-refractivity contribution in [2.45, 2.75) is 61.5 Å². The van der Waals surface area contributed by atoms with Crippen LogP contribution in [0.4, 0.5) is 0 Å². The Labute approximate surface area is 161 Å². The van der Waals surface area contributed by atoms with Gasteiger partial charge in [-0.3, -0.25) is 0 Å². The largest absolute Gasteiger partial charge is 0.508 e. The van der Waals surface area contributed by atoms with Crippen molar-refractivity contribution < 1.29 is 50.0 Å². The molecule has 28 heavy (non-hydrogen) atoms. The van der Waals surface area contributed by atoms with Crippen molar-refractivity contribution in [3.63, 3.8) is 0 Å². The number of hydrogen-bond acceptors (Lipinski definition) is 10. The van der Waals surface area contributed by atoms with Crippen LogP contribution in [-0.4, -0.2) is 98.0 Å². The van der Waals surface area contributed by atoms with Gasteiger partial charge in [0.05, 0.1) is 25.4 Å². The van der Waals surface area contributed by atoms with Crippen LogP contribution in [0.15, 0.2) is 24.3 Å². The van der Waals surface area contributed by atoms with Gasteiger partial charge in [-0.05, 0) is 17.7 Å². The van der Waals surface area contributed by atoms with E-state index in [0.29, 0.717) is 5.56 Å². The zero-order chi connectivity index (χ0) is 20.4. The predicted octanol–water partition coefficient (Wildman–Crippen LogP) is -2.24. The molecule has 10 heteroatoms. The van der Waals surface area contributed by atoms with Gasteiger partial charge in [-0.2, -0.15) is 0 Å². The van der Waals surface area contributed by atoms with Gasteiger partial charge in [-0.1, -0.05) is 12.1 Å². The first kappa shape index (κ1) is 21.4. The Balaban J connectivity index is 1.81. The van der Waals surface area contributed by atoms with Crippen LogP contribution in [0.1, 0.15) is 18.1 Å². The molecular formula is C18H26O10. The highest BCUT2D eigenvalue weighted by molar-refractivity contribution is 5.28. The summed E-state index contributed by atoms with van der Waals surface area (Å²) in [5.74, 6) is 0.0170. The van der Waals surface area contributed by atoms with E-state index in [-0.39, 0.29) is 12.2 Å². The number of aromatic hydroxyl groups is 1. The first-order valence-corrected chi connectivity index (χ1v) is 9.05. The molecule has 0 bridgehead atoms. The number of hydrogen-bond donors (Lipinski definition) is 7. The van der Waals surface area contributed by atoms with E-state index in [0.717, 1.165) is 0 Å². The lowest BCUT2D eigenvalue weighted by atomic mass is 9.90. The van der Waals surface area contributed by atoms with Gasteiger partial charge in [0, 0.05) is 6.42 Å². The molecule has 1 aromatic carbocycles. The third-order valence-electron chi connectivity index (χ3n) is 5.09. The van der Waals surface area contributed by atoms with Crippen molar-refractivity contribution in [1.29, 1.82) is 0 Å². The molecular weight excluding hydrogens is 376 g/mol. The Kier molecular flexibility index (Phi) is 6.86. The van der Waals surface area contributed by atoms with Crippen molar-refractivity contribution in [1.82, 2.24) is 0 Å². The van der Waals surface area contributed by atoms with Gasteiger partial charge in [-0.25, -0.2) is 0 Å². The normalized spacial score (nSPS) is 41.7. The summed E-state index contributed by atoms with van der Waals surface area (Å²) in [5.41, 5.74) is 0.475. The highest BCUT2D eigenvalue weighted by Gasteiger charge is 2.49. The molecule has 0 aromatic heterocycles. The van der Waals surface area contributed by atoms with Gasteiger partial charge in [0.2, 0.25) is 0 Å². The second-order valence-electron chi connectivity index (χ2n) is 7.05. The van der Waals surface area contributed by atoms with Crippen LogP contribution < -0.4 is 0 Å². The van der Waals surface area contributed by atoms with E-state index in [1.165, 1.54) is 24.3 Å². The molecule has 0 unspecified atom stereocenters. The molecule has 158 valence electrons. The van der Waals surface area contributed by atoms with Gasteiger partial charge < -0.3 is 50.0 Å². The third-order valence-corrected chi connectivity index (χ3v) is 5.09. The van der Waals surface area contributed by atoms with Crippen LogP contribution in [0, 0.1) is 0 Å². The Morgan fingerprint density at radius 1 is 0.893 bits per heavy atom. The van der Waals surface area contributed by atoms with Gasteiger partial charge in [-0.15, -0.1) is 0 Å². The summed E-state index contributed by atoms with van der Waals surface area (Å²) in [5, 5.41) is 69.5. The predicted molar refractivity (Wildman–Crippen MR) is 92.1 cm³/mol. The van der Waals surface area contributed by atoms with Crippen LogP contribution in [0.2, 0.25) is 0 Å². The van der Waals surface area contributed by atoms with Crippen LogP contribution >= 0.6 is 0 Å². The minimum Gasteiger partial charge on any atom is -0.508 e. The van der Waals surface area contributed by atoms with Crippen LogP contribution in [0.5, 0.6) is 5.75 Å². The summed E-state index contributed by atoms with van der Waals surface area (Å²) in [6.45, 7) is -0.962. The topological polar surface area (TPSA) is 169 Å². The monoisotopic (exact) mass is 402 g/mol. The van der Waals surface area contributed by atoms with E-state index in [9.17, 15) is 35.7 Å².